The zero-order chi connectivity index (χ0) is 14.9. The molecule has 0 aliphatic carbocycles. The van der Waals surface area contributed by atoms with Crippen LogP contribution in [0.3, 0.4) is 0 Å². The van der Waals surface area contributed by atoms with Crippen molar-refractivity contribution in [2.75, 3.05) is 10.5 Å². The smallest absolute Gasteiger partial charge is 0.267 e. The van der Waals surface area contributed by atoms with Crippen LogP contribution in [0.1, 0.15) is 11.4 Å². The molecule has 2 aromatic rings. The summed E-state index contributed by atoms with van der Waals surface area (Å²) in [6.45, 7) is 3.43. The van der Waals surface area contributed by atoms with Crippen molar-refractivity contribution in [1.82, 2.24) is 20.2 Å². The molecule has 0 aromatic carbocycles. The topological polar surface area (TPSA) is 124 Å². The molecule has 2 heterocycles. The Morgan fingerprint density at radius 1 is 1.25 bits per heavy atom. The molecule has 0 atom stereocenters. The molecule has 0 saturated heterocycles. The van der Waals surface area contributed by atoms with Gasteiger partial charge in [0.1, 0.15) is 10.7 Å². The highest BCUT2D eigenvalue weighted by Gasteiger charge is 2.20. The normalized spacial score (nSPS) is 11.3. The number of pyridine rings is 1. The molecule has 0 radical (unpaired) electrons. The fourth-order valence-electron chi connectivity index (χ4n) is 1.32. The Bertz CT molecular complexity index is 764. The first-order valence-electron chi connectivity index (χ1n) is 5.41. The van der Waals surface area contributed by atoms with Gasteiger partial charge in [0.2, 0.25) is 0 Å². The van der Waals surface area contributed by atoms with Gasteiger partial charge in [-0.05, 0) is 35.8 Å². The summed E-state index contributed by atoms with van der Waals surface area (Å²) >= 11 is 3.14. The van der Waals surface area contributed by atoms with Crippen molar-refractivity contribution >= 4 is 37.7 Å². The maximum Gasteiger partial charge on any atom is 0.267 e. The van der Waals surface area contributed by atoms with Gasteiger partial charge in [0.15, 0.2) is 0 Å². The summed E-state index contributed by atoms with van der Waals surface area (Å²) in [6.07, 6.45) is 1.41. The molecule has 0 fully saturated rings. The van der Waals surface area contributed by atoms with Gasteiger partial charge in [-0.25, -0.2) is 23.1 Å². The van der Waals surface area contributed by atoms with Crippen molar-refractivity contribution < 1.29 is 8.42 Å². The largest absolute Gasteiger partial charge is 0.383 e. The molecule has 0 amide bonds. The summed E-state index contributed by atoms with van der Waals surface area (Å²) in [7, 11) is -3.93. The number of nitrogens with zero attached hydrogens (tertiary/aromatic N) is 4. The van der Waals surface area contributed by atoms with E-state index in [0.29, 0.717) is 15.9 Å². The zero-order valence-corrected chi connectivity index (χ0v) is 13.0. The Hall–Kier alpha value is -1.81. The minimum absolute atomic E-state index is 0.113. The lowest BCUT2D eigenvalue weighted by molar-refractivity contribution is 0.600. The van der Waals surface area contributed by atoms with E-state index in [1.807, 2.05) is 0 Å². The average Bonchev–Trinajstić information content (AvgIpc) is 2.36. The van der Waals surface area contributed by atoms with Gasteiger partial charge in [0.25, 0.3) is 16.0 Å². The van der Waals surface area contributed by atoms with Crippen LogP contribution in [0.15, 0.2) is 21.6 Å². The lowest BCUT2D eigenvalue weighted by atomic mass is 10.4. The van der Waals surface area contributed by atoms with Crippen LogP contribution >= 0.6 is 15.9 Å². The Morgan fingerprint density at radius 3 is 2.60 bits per heavy atom. The fourth-order valence-corrected chi connectivity index (χ4v) is 2.85. The summed E-state index contributed by atoms with van der Waals surface area (Å²) in [4.78, 5) is 7.61. The van der Waals surface area contributed by atoms with Crippen molar-refractivity contribution in [3.8, 4) is 0 Å². The van der Waals surface area contributed by atoms with Crippen LogP contribution in [0.5, 0.6) is 0 Å². The molecule has 2 rings (SSSR count). The number of sulfonamides is 1. The average molecular weight is 359 g/mol. The molecule has 106 valence electrons. The molecule has 0 bridgehead atoms. The molecule has 20 heavy (non-hydrogen) atoms. The molecule has 2 aromatic heterocycles. The standard InChI is InChI=1S/C10H11BrN6O2S/c1-5-6(2)15-16-10(14-5)17-20(18,19)8-3-7(11)4-13-9(8)12/h3-4H,1-2H3,(H2,12,13)(H,14,16,17). The maximum atomic E-state index is 12.2. The molecular formula is C10H11BrN6O2S. The fraction of sp³-hybridized carbons (Fsp3) is 0.200. The van der Waals surface area contributed by atoms with Gasteiger partial charge in [-0.1, -0.05) is 0 Å². The van der Waals surface area contributed by atoms with Gasteiger partial charge >= 0.3 is 0 Å². The van der Waals surface area contributed by atoms with Gasteiger partial charge in [0.05, 0.1) is 11.4 Å². The van der Waals surface area contributed by atoms with Crippen LogP contribution in [-0.4, -0.2) is 28.6 Å². The number of hydrogen-bond donors (Lipinski definition) is 2. The van der Waals surface area contributed by atoms with Gasteiger partial charge in [-0.2, -0.15) is 5.10 Å². The van der Waals surface area contributed by atoms with Gasteiger partial charge in [0, 0.05) is 10.7 Å². The van der Waals surface area contributed by atoms with Crippen molar-refractivity contribution in [2.24, 2.45) is 0 Å². The van der Waals surface area contributed by atoms with E-state index in [-0.39, 0.29) is 16.7 Å². The molecule has 10 heteroatoms. The first kappa shape index (κ1) is 14.6. The Labute approximate surface area is 124 Å². The molecule has 0 spiro atoms. The number of nitrogen functional groups attached to an aromatic ring is 1. The minimum atomic E-state index is -3.93. The number of halogens is 1. The highest BCUT2D eigenvalue weighted by atomic mass is 79.9. The van der Waals surface area contributed by atoms with Crippen LogP contribution in [0.4, 0.5) is 11.8 Å². The van der Waals surface area contributed by atoms with Crippen molar-refractivity contribution in [2.45, 2.75) is 18.7 Å². The predicted molar refractivity (Wildman–Crippen MR) is 76.5 cm³/mol. The highest BCUT2D eigenvalue weighted by Crippen LogP contribution is 2.22. The number of aryl methyl sites for hydroxylation is 2. The summed E-state index contributed by atoms with van der Waals surface area (Å²) in [5, 5.41) is 7.48. The minimum Gasteiger partial charge on any atom is -0.383 e. The molecular weight excluding hydrogens is 348 g/mol. The second kappa shape index (κ2) is 5.29. The van der Waals surface area contributed by atoms with E-state index in [1.165, 1.54) is 12.3 Å². The second-order valence-corrected chi connectivity index (χ2v) is 6.52. The number of hydrogen-bond acceptors (Lipinski definition) is 7. The van der Waals surface area contributed by atoms with E-state index in [4.69, 9.17) is 5.73 Å². The Balaban J connectivity index is 2.40. The van der Waals surface area contributed by atoms with Gasteiger partial charge in [-0.15, -0.1) is 5.10 Å². The van der Waals surface area contributed by atoms with E-state index in [1.54, 1.807) is 13.8 Å². The third-order valence-corrected chi connectivity index (χ3v) is 4.25. The molecule has 0 aliphatic heterocycles. The molecule has 3 N–H and O–H groups in total. The summed E-state index contributed by atoms with van der Waals surface area (Å²) in [5.41, 5.74) is 6.78. The van der Waals surface area contributed by atoms with Crippen molar-refractivity contribution in [1.29, 1.82) is 0 Å². The maximum absolute atomic E-state index is 12.2. The van der Waals surface area contributed by atoms with Crippen LogP contribution in [0, 0.1) is 13.8 Å². The first-order chi connectivity index (χ1) is 9.29. The first-order valence-corrected chi connectivity index (χ1v) is 7.69. The van der Waals surface area contributed by atoms with Crippen LogP contribution in [0.25, 0.3) is 0 Å². The number of aromatic nitrogens is 4. The number of nitrogens with two attached hydrogens (primary N) is 1. The molecule has 0 unspecified atom stereocenters. The Morgan fingerprint density at radius 2 is 1.95 bits per heavy atom. The lowest BCUT2D eigenvalue weighted by Crippen LogP contribution is -2.18. The van der Waals surface area contributed by atoms with E-state index in [2.05, 4.69) is 40.8 Å². The third-order valence-electron chi connectivity index (χ3n) is 2.46. The second-order valence-electron chi connectivity index (χ2n) is 3.95. The Kier molecular flexibility index (Phi) is 3.86. The molecule has 0 saturated carbocycles. The predicted octanol–water partition coefficient (Wildman–Crippen LogP) is 1.03. The summed E-state index contributed by atoms with van der Waals surface area (Å²) in [6, 6.07) is 1.35. The number of anilines is 2. The van der Waals surface area contributed by atoms with Crippen LogP contribution in [0.2, 0.25) is 0 Å². The lowest BCUT2D eigenvalue weighted by Gasteiger charge is -2.09. The van der Waals surface area contributed by atoms with Gasteiger partial charge < -0.3 is 5.73 Å². The van der Waals surface area contributed by atoms with Crippen LogP contribution < -0.4 is 10.5 Å². The van der Waals surface area contributed by atoms with E-state index in [0.717, 1.165) is 0 Å². The van der Waals surface area contributed by atoms with E-state index in [9.17, 15) is 8.42 Å². The quantitative estimate of drug-likeness (QED) is 0.839. The van der Waals surface area contributed by atoms with Gasteiger partial charge in [-0.3, -0.25) is 0 Å². The van der Waals surface area contributed by atoms with E-state index < -0.39 is 10.0 Å². The van der Waals surface area contributed by atoms with E-state index >= 15 is 0 Å². The molecule has 8 nitrogen and oxygen atoms in total. The van der Waals surface area contributed by atoms with Crippen LogP contribution in [-0.2, 0) is 10.0 Å². The molecule has 0 aliphatic rings. The number of rotatable bonds is 3. The van der Waals surface area contributed by atoms with Crippen molar-refractivity contribution in [3.63, 3.8) is 0 Å². The summed E-state index contributed by atoms with van der Waals surface area (Å²) < 4.78 is 27.1. The monoisotopic (exact) mass is 358 g/mol. The SMILES string of the molecule is Cc1nnc(NS(=O)(=O)c2cc(Br)cnc2N)nc1C. The number of nitrogens with one attached hydrogen (secondary N) is 1. The summed E-state index contributed by atoms with van der Waals surface area (Å²) in [5.74, 6) is -0.232. The zero-order valence-electron chi connectivity index (χ0n) is 10.6. The third kappa shape index (κ3) is 3.02. The van der Waals surface area contributed by atoms with Crippen molar-refractivity contribution in [3.05, 3.63) is 28.1 Å². The highest BCUT2D eigenvalue weighted by molar-refractivity contribution is 9.10.